The molecule has 118 valence electrons. The summed E-state index contributed by atoms with van der Waals surface area (Å²) >= 11 is 0. The molecule has 0 heterocycles. The summed E-state index contributed by atoms with van der Waals surface area (Å²) in [4.78, 5) is 13.5. The van der Waals surface area contributed by atoms with Gasteiger partial charge in [-0.05, 0) is 39.0 Å². The summed E-state index contributed by atoms with van der Waals surface area (Å²) in [5.41, 5.74) is -0.425. The third-order valence-electron chi connectivity index (χ3n) is 4.27. The van der Waals surface area contributed by atoms with Crippen LogP contribution in [-0.4, -0.2) is 42.8 Å². The van der Waals surface area contributed by atoms with Gasteiger partial charge < -0.3 is 15.0 Å². The topological polar surface area (TPSA) is 41.6 Å². The van der Waals surface area contributed by atoms with Crippen LogP contribution in [0.3, 0.4) is 0 Å². The minimum atomic E-state index is -0.425. The number of hydrogen-bond donors (Lipinski definition) is 1. The van der Waals surface area contributed by atoms with Crippen LogP contribution < -0.4 is 5.32 Å². The summed E-state index contributed by atoms with van der Waals surface area (Å²) in [6.45, 7) is 11.9. The molecule has 0 saturated heterocycles. The molecular weight excluding hydrogens is 252 g/mol. The van der Waals surface area contributed by atoms with Gasteiger partial charge in [-0.1, -0.05) is 26.7 Å². The Kier molecular flexibility index (Phi) is 6.31. The van der Waals surface area contributed by atoms with Gasteiger partial charge in [-0.2, -0.15) is 0 Å². The number of hydrogen-bond acceptors (Lipinski definition) is 3. The molecule has 0 aliphatic heterocycles. The summed E-state index contributed by atoms with van der Waals surface area (Å²) in [5.74, 6) is 1.51. The van der Waals surface area contributed by atoms with Crippen LogP contribution in [0.15, 0.2) is 0 Å². The van der Waals surface area contributed by atoms with Crippen molar-refractivity contribution in [3.8, 4) is 0 Å². The van der Waals surface area contributed by atoms with E-state index in [-0.39, 0.29) is 6.09 Å². The van der Waals surface area contributed by atoms with E-state index in [1.165, 1.54) is 19.3 Å². The molecule has 0 aromatic rings. The molecule has 0 aromatic heterocycles. The molecule has 0 spiro atoms. The van der Waals surface area contributed by atoms with E-state index < -0.39 is 5.60 Å². The zero-order valence-electron chi connectivity index (χ0n) is 14.0. The van der Waals surface area contributed by atoms with E-state index in [0.717, 1.165) is 18.4 Å². The molecule has 1 aliphatic rings. The predicted molar refractivity (Wildman–Crippen MR) is 82.8 cm³/mol. The van der Waals surface area contributed by atoms with Crippen molar-refractivity contribution in [3.63, 3.8) is 0 Å². The van der Waals surface area contributed by atoms with Crippen molar-refractivity contribution in [1.29, 1.82) is 0 Å². The SMILES string of the molecule is CC1CCCC(NCCN(C)C(=O)OC(C)(C)C)C1C. The molecule has 1 fully saturated rings. The summed E-state index contributed by atoms with van der Waals surface area (Å²) in [5, 5.41) is 3.60. The molecule has 3 unspecified atom stereocenters. The van der Waals surface area contributed by atoms with E-state index >= 15 is 0 Å². The van der Waals surface area contributed by atoms with Crippen LogP contribution in [0.25, 0.3) is 0 Å². The Hall–Kier alpha value is -0.770. The maximum absolute atomic E-state index is 11.8. The number of likely N-dealkylation sites (N-methyl/N-ethyl adjacent to an activating group) is 1. The van der Waals surface area contributed by atoms with E-state index in [1.807, 2.05) is 20.8 Å². The maximum Gasteiger partial charge on any atom is 0.410 e. The maximum atomic E-state index is 11.8. The first-order valence-electron chi connectivity index (χ1n) is 7.88. The quantitative estimate of drug-likeness (QED) is 0.861. The predicted octanol–water partition coefficient (Wildman–Crippen LogP) is 3.27. The Morgan fingerprint density at radius 2 is 1.95 bits per heavy atom. The van der Waals surface area contributed by atoms with Crippen molar-refractivity contribution in [2.75, 3.05) is 20.1 Å². The lowest BCUT2D eigenvalue weighted by Gasteiger charge is -2.35. The number of carbonyl (C=O) groups is 1. The zero-order valence-corrected chi connectivity index (χ0v) is 14.0. The summed E-state index contributed by atoms with van der Waals surface area (Å²) in [6.07, 6.45) is 3.66. The number of carbonyl (C=O) groups excluding carboxylic acids is 1. The highest BCUT2D eigenvalue weighted by atomic mass is 16.6. The molecule has 1 amide bonds. The molecular formula is C16H32N2O2. The van der Waals surface area contributed by atoms with Gasteiger partial charge in [-0.15, -0.1) is 0 Å². The largest absolute Gasteiger partial charge is 0.444 e. The highest BCUT2D eigenvalue weighted by molar-refractivity contribution is 5.67. The van der Waals surface area contributed by atoms with Gasteiger partial charge in [0.1, 0.15) is 5.60 Å². The third kappa shape index (κ3) is 5.70. The first kappa shape index (κ1) is 17.3. The Morgan fingerprint density at radius 3 is 2.55 bits per heavy atom. The zero-order chi connectivity index (χ0) is 15.3. The highest BCUT2D eigenvalue weighted by Crippen LogP contribution is 2.29. The summed E-state index contributed by atoms with van der Waals surface area (Å²) < 4.78 is 5.34. The molecule has 1 rings (SSSR count). The van der Waals surface area contributed by atoms with Crippen molar-refractivity contribution in [1.82, 2.24) is 10.2 Å². The van der Waals surface area contributed by atoms with Crippen molar-refractivity contribution in [2.45, 2.75) is 65.5 Å². The van der Waals surface area contributed by atoms with Crippen molar-refractivity contribution in [3.05, 3.63) is 0 Å². The summed E-state index contributed by atoms with van der Waals surface area (Å²) in [7, 11) is 1.79. The van der Waals surface area contributed by atoms with Crippen LogP contribution in [0, 0.1) is 11.8 Å². The Labute approximate surface area is 124 Å². The number of ether oxygens (including phenoxy) is 1. The molecule has 1 saturated carbocycles. The van der Waals surface area contributed by atoms with Crippen LogP contribution in [-0.2, 0) is 4.74 Å². The van der Waals surface area contributed by atoms with Crippen LogP contribution in [0.2, 0.25) is 0 Å². The molecule has 3 atom stereocenters. The second-order valence-corrected chi connectivity index (χ2v) is 7.23. The Morgan fingerprint density at radius 1 is 1.30 bits per heavy atom. The molecule has 0 radical (unpaired) electrons. The van der Waals surface area contributed by atoms with Gasteiger partial charge in [-0.25, -0.2) is 4.79 Å². The third-order valence-corrected chi connectivity index (χ3v) is 4.27. The van der Waals surface area contributed by atoms with Gasteiger partial charge in [0.2, 0.25) is 0 Å². The molecule has 20 heavy (non-hydrogen) atoms. The number of nitrogens with one attached hydrogen (secondary N) is 1. The Balaban J connectivity index is 2.28. The van der Waals surface area contributed by atoms with Gasteiger partial charge in [0, 0.05) is 26.2 Å². The average molecular weight is 284 g/mol. The van der Waals surface area contributed by atoms with E-state index in [2.05, 4.69) is 19.2 Å². The van der Waals surface area contributed by atoms with Gasteiger partial charge in [0.05, 0.1) is 0 Å². The fourth-order valence-electron chi connectivity index (χ4n) is 2.72. The molecule has 0 bridgehead atoms. The van der Waals surface area contributed by atoms with Crippen LogP contribution in [0.1, 0.15) is 53.9 Å². The van der Waals surface area contributed by atoms with Gasteiger partial charge >= 0.3 is 6.09 Å². The first-order chi connectivity index (χ1) is 9.20. The second kappa shape index (κ2) is 7.30. The van der Waals surface area contributed by atoms with E-state index in [1.54, 1.807) is 11.9 Å². The number of rotatable bonds is 4. The summed E-state index contributed by atoms with van der Waals surface area (Å²) in [6, 6.07) is 0.589. The number of nitrogens with zero attached hydrogens (tertiary/aromatic N) is 1. The standard InChI is InChI=1S/C16H32N2O2/c1-12-8-7-9-14(13(12)2)17-10-11-18(6)15(19)20-16(3,4)5/h12-14,17H,7-11H2,1-6H3. The van der Waals surface area contributed by atoms with Crippen molar-refractivity contribution in [2.24, 2.45) is 11.8 Å². The van der Waals surface area contributed by atoms with E-state index in [9.17, 15) is 4.79 Å². The lowest BCUT2D eigenvalue weighted by molar-refractivity contribution is 0.0297. The van der Waals surface area contributed by atoms with Crippen molar-refractivity contribution < 1.29 is 9.53 Å². The first-order valence-corrected chi connectivity index (χ1v) is 7.88. The molecule has 4 nitrogen and oxygen atoms in total. The van der Waals surface area contributed by atoms with Gasteiger partial charge in [0.15, 0.2) is 0 Å². The normalized spacial score (nSPS) is 27.2. The lowest BCUT2D eigenvalue weighted by Crippen LogP contribution is -2.44. The van der Waals surface area contributed by atoms with Gasteiger partial charge in [-0.3, -0.25) is 0 Å². The van der Waals surface area contributed by atoms with Crippen LogP contribution in [0.4, 0.5) is 4.79 Å². The monoisotopic (exact) mass is 284 g/mol. The van der Waals surface area contributed by atoms with Crippen molar-refractivity contribution >= 4 is 6.09 Å². The fraction of sp³-hybridized carbons (Fsp3) is 0.938. The molecule has 4 heteroatoms. The van der Waals surface area contributed by atoms with Gasteiger partial charge in [0.25, 0.3) is 0 Å². The second-order valence-electron chi connectivity index (χ2n) is 7.23. The number of amides is 1. The highest BCUT2D eigenvalue weighted by Gasteiger charge is 2.26. The Bertz CT molecular complexity index is 312. The average Bonchev–Trinajstić information content (AvgIpc) is 2.32. The van der Waals surface area contributed by atoms with Crippen LogP contribution in [0.5, 0.6) is 0 Å². The lowest BCUT2D eigenvalue weighted by atomic mass is 9.78. The van der Waals surface area contributed by atoms with Crippen LogP contribution >= 0.6 is 0 Å². The van der Waals surface area contributed by atoms with E-state index in [0.29, 0.717) is 12.6 Å². The molecule has 1 aliphatic carbocycles. The van der Waals surface area contributed by atoms with E-state index in [4.69, 9.17) is 4.74 Å². The fourth-order valence-corrected chi connectivity index (χ4v) is 2.72. The minimum absolute atomic E-state index is 0.246. The minimum Gasteiger partial charge on any atom is -0.444 e. The smallest absolute Gasteiger partial charge is 0.410 e. The molecule has 1 N–H and O–H groups in total. The molecule has 0 aromatic carbocycles.